The van der Waals surface area contributed by atoms with Crippen LogP contribution in [0.15, 0.2) is 0 Å². The molecule has 0 aliphatic carbocycles. The summed E-state index contributed by atoms with van der Waals surface area (Å²) < 4.78 is 0. The highest BCUT2D eigenvalue weighted by molar-refractivity contribution is 5.84. The summed E-state index contributed by atoms with van der Waals surface area (Å²) in [6.07, 6.45) is 0. The average Bonchev–Trinajstić information content (AvgIpc) is 2.14. The van der Waals surface area contributed by atoms with Crippen molar-refractivity contribution >= 4 is 5.91 Å². The molecule has 0 bridgehead atoms. The molecule has 0 aliphatic heterocycles. The minimum atomic E-state index is -0.675. The second-order valence-electron chi connectivity index (χ2n) is 5.90. The summed E-state index contributed by atoms with van der Waals surface area (Å²) in [5, 5.41) is 3.26. The maximum atomic E-state index is 11.6. The van der Waals surface area contributed by atoms with Crippen LogP contribution in [0.5, 0.6) is 0 Å². The normalized spacial score (nSPS) is 17.5. The number of amides is 1. The van der Waals surface area contributed by atoms with Gasteiger partial charge in [0.05, 0.1) is 0 Å². The molecule has 0 saturated carbocycles. The third kappa shape index (κ3) is 5.04. The third-order valence-electron chi connectivity index (χ3n) is 3.38. The van der Waals surface area contributed by atoms with Gasteiger partial charge in [-0.1, -0.05) is 13.8 Å². The molecule has 0 saturated heterocycles. The fourth-order valence-electron chi connectivity index (χ4n) is 1.98. The van der Waals surface area contributed by atoms with E-state index in [2.05, 4.69) is 31.0 Å². The molecule has 0 aromatic rings. The number of carbonyl (C=O) groups is 1. The number of nitrogens with one attached hydrogen (secondary N) is 1. The number of hydrogen-bond acceptors (Lipinski definition) is 3. The molecule has 2 unspecified atom stereocenters. The standard InChI is InChI=1S/C13H29N3O/c1-9(2)11(5)16(7)8-13(6,12(14)17)15-10(3)4/h9-11,15H,8H2,1-7H3,(H2,14,17). The first-order chi connectivity index (χ1) is 7.60. The van der Waals surface area contributed by atoms with Crippen LogP contribution in [0.3, 0.4) is 0 Å². The topological polar surface area (TPSA) is 58.4 Å². The van der Waals surface area contributed by atoms with Gasteiger partial charge in [0, 0.05) is 18.6 Å². The van der Waals surface area contributed by atoms with Crippen molar-refractivity contribution in [2.45, 2.75) is 59.2 Å². The highest BCUT2D eigenvalue weighted by Crippen LogP contribution is 2.13. The van der Waals surface area contributed by atoms with Gasteiger partial charge < -0.3 is 16.0 Å². The Hall–Kier alpha value is -0.610. The molecule has 0 spiro atoms. The van der Waals surface area contributed by atoms with Crippen LogP contribution in [0.4, 0.5) is 0 Å². The summed E-state index contributed by atoms with van der Waals surface area (Å²) in [6, 6.07) is 0.651. The molecular formula is C13H29N3O. The summed E-state index contributed by atoms with van der Waals surface area (Å²) in [6.45, 7) is 13.1. The second-order valence-corrected chi connectivity index (χ2v) is 5.90. The molecule has 102 valence electrons. The third-order valence-corrected chi connectivity index (χ3v) is 3.38. The van der Waals surface area contributed by atoms with Crippen LogP contribution < -0.4 is 11.1 Å². The number of hydrogen-bond donors (Lipinski definition) is 2. The minimum Gasteiger partial charge on any atom is -0.368 e. The Kier molecular flexibility index (Phi) is 6.13. The van der Waals surface area contributed by atoms with Crippen molar-refractivity contribution < 1.29 is 4.79 Å². The van der Waals surface area contributed by atoms with Crippen molar-refractivity contribution in [3.8, 4) is 0 Å². The highest BCUT2D eigenvalue weighted by Gasteiger charge is 2.34. The molecule has 0 aromatic carbocycles. The summed E-state index contributed by atoms with van der Waals surface area (Å²) in [7, 11) is 2.04. The van der Waals surface area contributed by atoms with Gasteiger partial charge in [0.2, 0.25) is 5.91 Å². The van der Waals surface area contributed by atoms with Gasteiger partial charge in [-0.2, -0.15) is 0 Å². The van der Waals surface area contributed by atoms with Gasteiger partial charge in [0.1, 0.15) is 5.54 Å². The van der Waals surface area contributed by atoms with E-state index in [1.54, 1.807) is 0 Å². The zero-order chi connectivity index (χ0) is 13.8. The van der Waals surface area contributed by atoms with Crippen molar-refractivity contribution in [3.05, 3.63) is 0 Å². The number of carbonyl (C=O) groups excluding carboxylic acids is 1. The molecule has 0 radical (unpaired) electrons. The van der Waals surface area contributed by atoms with E-state index in [0.717, 1.165) is 0 Å². The van der Waals surface area contributed by atoms with Crippen LogP contribution >= 0.6 is 0 Å². The van der Waals surface area contributed by atoms with Crippen molar-refractivity contribution in [3.63, 3.8) is 0 Å². The first kappa shape index (κ1) is 16.4. The largest absolute Gasteiger partial charge is 0.368 e. The molecule has 4 nitrogen and oxygen atoms in total. The smallest absolute Gasteiger partial charge is 0.238 e. The van der Waals surface area contributed by atoms with Crippen LogP contribution in [0.25, 0.3) is 0 Å². The van der Waals surface area contributed by atoms with E-state index in [0.29, 0.717) is 18.5 Å². The minimum absolute atomic E-state index is 0.232. The molecule has 0 aromatic heterocycles. The Morgan fingerprint density at radius 2 is 1.76 bits per heavy atom. The van der Waals surface area contributed by atoms with Crippen LogP contribution in [0.1, 0.15) is 41.5 Å². The highest BCUT2D eigenvalue weighted by atomic mass is 16.1. The summed E-state index contributed by atoms with van der Waals surface area (Å²) in [5.74, 6) is 0.255. The van der Waals surface area contributed by atoms with Crippen LogP contribution in [-0.2, 0) is 4.79 Å². The van der Waals surface area contributed by atoms with Gasteiger partial charge in [0.15, 0.2) is 0 Å². The summed E-state index contributed by atoms with van der Waals surface area (Å²) >= 11 is 0. The first-order valence-electron chi connectivity index (χ1n) is 6.38. The Labute approximate surface area is 106 Å². The molecule has 17 heavy (non-hydrogen) atoms. The Morgan fingerprint density at radius 3 is 2.06 bits per heavy atom. The number of primary amides is 1. The van der Waals surface area contributed by atoms with Crippen LogP contribution in [-0.4, -0.2) is 42.0 Å². The van der Waals surface area contributed by atoms with Crippen LogP contribution in [0.2, 0.25) is 0 Å². The number of likely N-dealkylation sites (N-methyl/N-ethyl adjacent to an activating group) is 1. The zero-order valence-corrected chi connectivity index (χ0v) is 12.4. The zero-order valence-electron chi connectivity index (χ0n) is 12.4. The maximum Gasteiger partial charge on any atom is 0.238 e. The molecule has 0 aliphatic rings. The van der Waals surface area contributed by atoms with Gasteiger partial charge >= 0.3 is 0 Å². The molecule has 0 heterocycles. The van der Waals surface area contributed by atoms with Crippen LogP contribution in [0, 0.1) is 5.92 Å². The molecular weight excluding hydrogens is 214 g/mol. The summed E-state index contributed by atoms with van der Waals surface area (Å²) in [5.41, 5.74) is 4.84. The number of nitrogens with two attached hydrogens (primary N) is 1. The van der Waals surface area contributed by atoms with Crippen molar-refractivity contribution in [1.29, 1.82) is 0 Å². The molecule has 0 rings (SSSR count). The molecule has 2 atom stereocenters. The van der Waals surface area contributed by atoms with Gasteiger partial charge in [0.25, 0.3) is 0 Å². The predicted octanol–water partition coefficient (Wildman–Crippen LogP) is 1.20. The van der Waals surface area contributed by atoms with Gasteiger partial charge in [-0.25, -0.2) is 0 Å². The summed E-state index contributed by atoms with van der Waals surface area (Å²) in [4.78, 5) is 13.8. The van der Waals surface area contributed by atoms with Crippen molar-refractivity contribution in [2.75, 3.05) is 13.6 Å². The fourth-order valence-corrected chi connectivity index (χ4v) is 1.98. The lowest BCUT2D eigenvalue weighted by Crippen LogP contribution is -2.62. The molecule has 4 heteroatoms. The Balaban J connectivity index is 4.71. The molecule has 1 amide bonds. The Morgan fingerprint density at radius 1 is 1.29 bits per heavy atom. The van der Waals surface area contributed by atoms with E-state index in [1.807, 2.05) is 27.8 Å². The van der Waals surface area contributed by atoms with Crippen molar-refractivity contribution in [2.24, 2.45) is 11.7 Å². The fraction of sp³-hybridized carbons (Fsp3) is 0.923. The van der Waals surface area contributed by atoms with Gasteiger partial charge in [-0.05, 0) is 40.7 Å². The molecule has 0 fully saturated rings. The number of rotatable bonds is 7. The quantitative estimate of drug-likeness (QED) is 0.706. The first-order valence-corrected chi connectivity index (χ1v) is 6.38. The average molecular weight is 243 g/mol. The van der Waals surface area contributed by atoms with E-state index in [9.17, 15) is 4.79 Å². The lowest BCUT2D eigenvalue weighted by Gasteiger charge is -2.37. The van der Waals surface area contributed by atoms with Crippen molar-refractivity contribution in [1.82, 2.24) is 10.2 Å². The maximum absolute atomic E-state index is 11.6. The predicted molar refractivity (Wildman–Crippen MR) is 72.8 cm³/mol. The van der Waals surface area contributed by atoms with E-state index >= 15 is 0 Å². The van der Waals surface area contributed by atoms with Gasteiger partial charge in [-0.3, -0.25) is 4.79 Å². The molecule has 3 N–H and O–H groups in total. The van der Waals surface area contributed by atoms with E-state index < -0.39 is 5.54 Å². The second kappa shape index (κ2) is 6.36. The Bertz CT molecular complexity index is 253. The van der Waals surface area contributed by atoms with E-state index in [1.165, 1.54) is 0 Å². The lowest BCUT2D eigenvalue weighted by atomic mass is 9.97. The van der Waals surface area contributed by atoms with Gasteiger partial charge in [-0.15, -0.1) is 0 Å². The number of nitrogens with zero attached hydrogens (tertiary/aromatic N) is 1. The SMILES string of the molecule is CC(C)NC(C)(CN(C)C(C)C(C)C)C(N)=O. The lowest BCUT2D eigenvalue weighted by molar-refractivity contribution is -0.125. The van der Waals surface area contributed by atoms with E-state index in [-0.39, 0.29) is 11.9 Å². The monoisotopic (exact) mass is 243 g/mol. The van der Waals surface area contributed by atoms with E-state index in [4.69, 9.17) is 5.73 Å².